The molecular formula is C16H16BrN5O2S. The van der Waals surface area contributed by atoms with Crippen molar-refractivity contribution in [2.24, 2.45) is 0 Å². The van der Waals surface area contributed by atoms with E-state index in [0.29, 0.717) is 16.5 Å². The second-order valence-corrected chi connectivity index (χ2v) is 7.91. The van der Waals surface area contributed by atoms with Gasteiger partial charge >= 0.3 is 0 Å². The summed E-state index contributed by atoms with van der Waals surface area (Å²) in [5.74, 6) is -0.252. The first-order valence-corrected chi connectivity index (χ1v) is 9.55. The fourth-order valence-corrected chi connectivity index (χ4v) is 4.37. The summed E-state index contributed by atoms with van der Waals surface area (Å²) >= 11 is 4.82. The maximum absolute atomic E-state index is 12.8. The third kappa shape index (κ3) is 3.07. The van der Waals surface area contributed by atoms with Crippen LogP contribution < -0.4 is 5.32 Å². The van der Waals surface area contributed by atoms with E-state index in [9.17, 15) is 4.79 Å². The van der Waals surface area contributed by atoms with E-state index in [1.807, 2.05) is 26.1 Å². The topological polar surface area (TPSA) is 81.4 Å². The zero-order valence-electron chi connectivity index (χ0n) is 13.7. The molecule has 1 aliphatic heterocycles. The van der Waals surface area contributed by atoms with Gasteiger partial charge in [0.05, 0.1) is 5.69 Å². The number of hydrogen-bond acceptors (Lipinski definition) is 6. The summed E-state index contributed by atoms with van der Waals surface area (Å²) in [6.45, 7) is 4.54. The maximum atomic E-state index is 12.8. The number of amides is 1. The summed E-state index contributed by atoms with van der Waals surface area (Å²) in [7, 11) is 0. The van der Waals surface area contributed by atoms with Gasteiger partial charge in [0.15, 0.2) is 0 Å². The van der Waals surface area contributed by atoms with E-state index in [2.05, 4.69) is 36.4 Å². The van der Waals surface area contributed by atoms with E-state index < -0.39 is 0 Å². The van der Waals surface area contributed by atoms with Gasteiger partial charge in [-0.25, -0.2) is 4.98 Å². The Kier molecular flexibility index (Phi) is 4.30. The molecule has 0 saturated carbocycles. The lowest BCUT2D eigenvalue weighted by molar-refractivity contribution is 0.102. The molecule has 25 heavy (non-hydrogen) atoms. The SMILES string of the molecule is Cc1nc2c(C)cc(Br)cn2c1C(=O)Nc1nnc(C2CCCO2)s1. The Morgan fingerprint density at radius 1 is 1.44 bits per heavy atom. The zero-order chi connectivity index (χ0) is 17.6. The molecule has 1 saturated heterocycles. The Morgan fingerprint density at radius 2 is 2.28 bits per heavy atom. The number of fused-ring (bicyclic) bond motifs is 1. The molecule has 1 atom stereocenters. The van der Waals surface area contributed by atoms with Gasteiger partial charge in [-0.05, 0) is 54.2 Å². The lowest BCUT2D eigenvalue weighted by atomic mass is 10.2. The Hall–Kier alpha value is -1.84. The van der Waals surface area contributed by atoms with Crippen LogP contribution in [0.3, 0.4) is 0 Å². The molecule has 7 nitrogen and oxygen atoms in total. The number of pyridine rings is 1. The second-order valence-electron chi connectivity index (χ2n) is 5.98. The van der Waals surface area contributed by atoms with E-state index in [0.717, 1.165) is 40.1 Å². The number of halogens is 1. The number of anilines is 1. The third-order valence-electron chi connectivity index (χ3n) is 4.13. The molecule has 4 rings (SSSR count). The number of carbonyl (C=O) groups excluding carboxylic acids is 1. The zero-order valence-corrected chi connectivity index (χ0v) is 16.1. The standard InChI is InChI=1S/C16H16BrN5O2S/c1-8-6-10(17)7-22-12(9(2)18-13(8)22)14(23)19-16-21-20-15(25-16)11-4-3-5-24-11/h6-7,11H,3-5H2,1-2H3,(H,19,21,23). The van der Waals surface area contributed by atoms with Gasteiger partial charge in [-0.2, -0.15) is 0 Å². The van der Waals surface area contributed by atoms with Gasteiger partial charge in [-0.3, -0.25) is 14.5 Å². The summed E-state index contributed by atoms with van der Waals surface area (Å²) in [5, 5.41) is 12.3. The van der Waals surface area contributed by atoms with Crippen molar-refractivity contribution < 1.29 is 9.53 Å². The van der Waals surface area contributed by atoms with E-state index in [1.54, 1.807) is 4.40 Å². The molecule has 0 aromatic carbocycles. The molecule has 3 aromatic rings. The van der Waals surface area contributed by atoms with Crippen LogP contribution in [0.15, 0.2) is 16.7 Å². The monoisotopic (exact) mass is 421 g/mol. The van der Waals surface area contributed by atoms with E-state index in [4.69, 9.17) is 4.74 Å². The number of nitrogens with zero attached hydrogens (tertiary/aromatic N) is 4. The van der Waals surface area contributed by atoms with Crippen LogP contribution in [0.1, 0.15) is 45.7 Å². The van der Waals surface area contributed by atoms with Crippen molar-refractivity contribution in [3.05, 3.63) is 38.7 Å². The van der Waals surface area contributed by atoms with Gasteiger partial charge in [0.2, 0.25) is 5.13 Å². The summed E-state index contributed by atoms with van der Waals surface area (Å²) < 4.78 is 8.30. The third-order valence-corrected chi connectivity index (χ3v) is 5.49. The highest BCUT2D eigenvalue weighted by Gasteiger charge is 2.24. The molecule has 130 valence electrons. The molecule has 0 spiro atoms. The normalized spacial score (nSPS) is 17.3. The van der Waals surface area contributed by atoms with Gasteiger partial charge in [-0.1, -0.05) is 11.3 Å². The van der Waals surface area contributed by atoms with Gasteiger partial charge in [0, 0.05) is 17.3 Å². The molecule has 0 bridgehead atoms. The summed E-state index contributed by atoms with van der Waals surface area (Å²) in [4.78, 5) is 17.3. The Balaban J connectivity index is 1.63. The smallest absolute Gasteiger partial charge is 0.276 e. The molecule has 4 heterocycles. The first-order valence-electron chi connectivity index (χ1n) is 7.94. The van der Waals surface area contributed by atoms with Gasteiger partial charge in [0.25, 0.3) is 5.91 Å². The van der Waals surface area contributed by atoms with Crippen molar-refractivity contribution in [3.63, 3.8) is 0 Å². The van der Waals surface area contributed by atoms with E-state index >= 15 is 0 Å². The highest BCUT2D eigenvalue weighted by atomic mass is 79.9. The van der Waals surface area contributed by atoms with Crippen LogP contribution in [-0.4, -0.2) is 32.1 Å². The van der Waals surface area contributed by atoms with Gasteiger partial charge in [-0.15, -0.1) is 10.2 Å². The van der Waals surface area contributed by atoms with Crippen molar-refractivity contribution >= 4 is 44.0 Å². The highest BCUT2D eigenvalue weighted by molar-refractivity contribution is 9.10. The van der Waals surface area contributed by atoms with Crippen LogP contribution in [0.4, 0.5) is 5.13 Å². The van der Waals surface area contributed by atoms with Crippen LogP contribution in [0.25, 0.3) is 5.65 Å². The molecular weight excluding hydrogens is 406 g/mol. The van der Waals surface area contributed by atoms with Crippen LogP contribution in [0.5, 0.6) is 0 Å². The summed E-state index contributed by atoms with van der Waals surface area (Å²) in [5.41, 5.74) is 2.92. The van der Waals surface area contributed by atoms with E-state index in [-0.39, 0.29) is 12.0 Å². The predicted molar refractivity (Wildman–Crippen MR) is 98.2 cm³/mol. The first kappa shape index (κ1) is 16.6. The number of hydrogen-bond donors (Lipinski definition) is 1. The number of nitrogens with one attached hydrogen (secondary N) is 1. The number of aromatic nitrogens is 4. The molecule has 1 fully saturated rings. The molecule has 3 aromatic heterocycles. The molecule has 0 aliphatic carbocycles. The number of imidazole rings is 1. The predicted octanol–water partition coefficient (Wildman–Crippen LogP) is 3.67. The Morgan fingerprint density at radius 3 is 3.04 bits per heavy atom. The van der Waals surface area contributed by atoms with E-state index in [1.165, 1.54) is 11.3 Å². The average Bonchev–Trinajstić information content (AvgIpc) is 3.25. The van der Waals surface area contributed by atoms with Gasteiger partial charge in [0.1, 0.15) is 22.5 Å². The largest absolute Gasteiger partial charge is 0.371 e. The molecule has 1 unspecified atom stereocenters. The average molecular weight is 422 g/mol. The molecule has 0 radical (unpaired) electrons. The Bertz CT molecular complexity index is 961. The minimum atomic E-state index is -0.252. The molecule has 1 N–H and O–H groups in total. The lowest BCUT2D eigenvalue weighted by Gasteiger charge is -2.05. The fourth-order valence-electron chi connectivity index (χ4n) is 3.00. The highest BCUT2D eigenvalue weighted by Crippen LogP contribution is 2.32. The van der Waals surface area contributed by atoms with Crippen LogP contribution in [-0.2, 0) is 4.74 Å². The minimum absolute atomic E-state index is 0.000657. The molecule has 9 heteroatoms. The van der Waals surface area contributed by atoms with Crippen molar-refractivity contribution in [3.8, 4) is 0 Å². The second kappa shape index (κ2) is 6.47. The number of ether oxygens (including phenoxy) is 1. The van der Waals surface area contributed by atoms with Crippen molar-refractivity contribution in [1.82, 2.24) is 19.6 Å². The van der Waals surface area contributed by atoms with Crippen molar-refractivity contribution in [2.45, 2.75) is 32.8 Å². The fraction of sp³-hybridized carbons (Fsp3) is 0.375. The van der Waals surface area contributed by atoms with Crippen LogP contribution >= 0.6 is 27.3 Å². The Labute approximate surface area is 156 Å². The lowest BCUT2D eigenvalue weighted by Crippen LogP contribution is -2.15. The van der Waals surface area contributed by atoms with Crippen LogP contribution in [0, 0.1) is 13.8 Å². The minimum Gasteiger partial charge on any atom is -0.371 e. The summed E-state index contributed by atoms with van der Waals surface area (Å²) in [6.07, 6.45) is 3.82. The van der Waals surface area contributed by atoms with Gasteiger partial charge < -0.3 is 4.74 Å². The maximum Gasteiger partial charge on any atom is 0.276 e. The quantitative estimate of drug-likeness (QED) is 0.697. The number of rotatable bonds is 3. The van der Waals surface area contributed by atoms with Crippen molar-refractivity contribution in [1.29, 1.82) is 0 Å². The van der Waals surface area contributed by atoms with Crippen molar-refractivity contribution in [2.75, 3.05) is 11.9 Å². The molecule has 1 aliphatic rings. The van der Waals surface area contributed by atoms with Crippen LogP contribution in [0.2, 0.25) is 0 Å². The molecule has 1 amide bonds. The number of carbonyl (C=O) groups is 1. The number of aryl methyl sites for hydroxylation is 2. The summed E-state index contributed by atoms with van der Waals surface area (Å²) in [6, 6.07) is 1.97. The first-order chi connectivity index (χ1) is 12.0.